The first kappa shape index (κ1) is 14.8. The van der Waals surface area contributed by atoms with Crippen LogP contribution in [-0.2, 0) is 10.2 Å². The molecular formula is C15H23N3O2S. The van der Waals surface area contributed by atoms with Gasteiger partial charge in [0, 0.05) is 35.5 Å². The highest BCUT2D eigenvalue weighted by Gasteiger charge is 2.42. The Morgan fingerprint density at radius 3 is 2.43 bits per heavy atom. The number of carboxylic acids is 1. The van der Waals surface area contributed by atoms with Crippen molar-refractivity contribution in [3.63, 3.8) is 0 Å². The van der Waals surface area contributed by atoms with E-state index in [0.717, 1.165) is 36.6 Å². The highest BCUT2D eigenvalue weighted by atomic mass is 32.1. The molecule has 3 heterocycles. The van der Waals surface area contributed by atoms with E-state index < -0.39 is 5.97 Å². The number of piperidine rings is 1. The maximum Gasteiger partial charge on any atom is 0.303 e. The molecule has 1 N–H and O–H groups in total. The molecule has 2 saturated heterocycles. The van der Waals surface area contributed by atoms with Gasteiger partial charge in [0.25, 0.3) is 0 Å². The smallest absolute Gasteiger partial charge is 0.303 e. The van der Waals surface area contributed by atoms with Crippen molar-refractivity contribution in [2.24, 2.45) is 5.92 Å². The van der Waals surface area contributed by atoms with Gasteiger partial charge >= 0.3 is 5.97 Å². The average molecular weight is 309 g/mol. The number of hydrogen-bond acceptors (Lipinski definition) is 5. The van der Waals surface area contributed by atoms with Crippen LogP contribution in [0.3, 0.4) is 0 Å². The molecule has 2 aliphatic rings. The van der Waals surface area contributed by atoms with Gasteiger partial charge in [-0.1, -0.05) is 20.8 Å². The molecule has 2 bridgehead atoms. The lowest BCUT2D eigenvalue weighted by atomic mass is 9.88. The third-order valence-electron chi connectivity index (χ3n) is 4.60. The fraction of sp³-hybridized carbons (Fsp3) is 0.800. The maximum atomic E-state index is 10.9. The molecule has 6 heteroatoms. The highest BCUT2D eigenvalue weighted by molar-refractivity contribution is 7.09. The van der Waals surface area contributed by atoms with Crippen LogP contribution < -0.4 is 4.90 Å². The zero-order valence-corrected chi connectivity index (χ0v) is 13.7. The van der Waals surface area contributed by atoms with E-state index in [1.807, 2.05) is 0 Å². The van der Waals surface area contributed by atoms with Crippen molar-refractivity contribution in [2.75, 3.05) is 4.90 Å². The van der Waals surface area contributed by atoms with Crippen molar-refractivity contribution in [1.29, 1.82) is 0 Å². The molecule has 2 aliphatic heterocycles. The van der Waals surface area contributed by atoms with Gasteiger partial charge in [0.15, 0.2) is 0 Å². The van der Waals surface area contributed by atoms with Gasteiger partial charge in [0.1, 0.15) is 5.82 Å². The van der Waals surface area contributed by atoms with Crippen LogP contribution in [0.5, 0.6) is 0 Å². The van der Waals surface area contributed by atoms with Crippen LogP contribution in [-0.4, -0.2) is 32.5 Å². The molecule has 0 radical (unpaired) electrons. The summed E-state index contributed by atoms with van der Waals surface area (Å²) in [6.07, 6.45) is 4.58. The number of hydrogen-bond donors (Lipinski definition) is 1. The van der Waals surface area contributed by atoms with E-state index in [1.165, 1.54) is 11.5 Å². The van der Waals surface area contributed by atoms with Gasteiger partial charge in [-0.3, -0.25) is 4.79 Å². The number of nitrogens with zero attached hydrogens (tertiary/aromatic N) is 3. The molecule has 116 valence electrons. The summed E-state index contributed by atoms with van der Waals surface area (Å²) in [4.78, 5) is 18.1. The number of anilines is 1. The van der Waals surface area contributed by atoms with Crippen LogP contribution >= 0.6 is 11.5 Å². The van der Waals surface area contributed by atoms with E-state index in [4.69, 9.17) is 10.1 Å². The number of aromatic nitrogens is 2. The number of fused-ring (bicyclic) bond motifs is 2. The molecule has 0 saturated carbocycles. The SMILES string of the molecule is CC(C)(C)c1nsc(N2C3CCC2CC(CC(=O)O)C3)n1. The maximum absolute atomic E-state index is 10.9. The third-order valence-corrected chi connectivity index (χ3v) is 5.33. The van der Waals surface area contributed by atoms with Crippen LogP contribution in [0.15, 0.2) is 0 Å². The quantitative estimate of drug-likeness (QED) is 0.929. The van der Waals surface area contributed by atoms with Crippen LogP contribution in [0.4, 0.5) is 5.13 Å². The predicted octanol–water partition coefficient (Wildman–Crippen LogP) is 3.06. The first-order chi connectivity index (χ1) is 9.84. The molecule has 0 amide bonds. The standard InChI is InChI=1S/C15H23N3O2S/c1-15(2,3)13-16-14(21-17-13)18-10-4-5-11(18)7-9(6-10)8-12(19)20/h9-11H,4-8H2,1-3H3,(H,19,20). The Hall–Kier alpha value is -1.17. The van der Waals surface area contributed by atoms with E-state index in [0.29, 0.717) is 24.4 Å². The molecule has 2 atom stereocenters. The summed E-state index contributed by atoms with van der Waals surface area (Å²) in [5, 5.41) is 10.0. The molecule has 0 aliphatic carbocycles. The van der Waals surface area contributed by atoms with Crippen LogP contribution in [0.25, 0.3) is 0 Å². The Labute approximate surface area is 129 Å². The summed E-state index contributed by atoms with van der Waals surface area (Å²) in [6.45, 7) is 6.39. The third kappa shape index (κ3) is 2.91. The molecule has 2 unspecified atom stereocenters. The second kappa shape index (κ2) is 5.23. The number of carbonyl (C=O) groups is 1. The van der Waals surface area contributed by atoms with Crippen LogP contribution in [0, 0.1) is 5.92 Å². The lowest BCUT2D eigenvalue weighted by molar-refractivity contribution is -0.138. The van der Waals surface area contributed by atoms with E-state index in [-0.39, 0.29) is 5.41 Å². The fourth-order valence-electron chi connectivity index (χ4n) is 3.64. The zero-order chi connectivity index (χ0) is 15.2. The first-order valence-electron chi connectivity index (χ1n) is 7.69. The number of rotatable bonds is 3. The van der Waals surface area contributed by atoms with E-state index in [2.05, 4.69) is 30.0 Å². The molecule has 1 aromatic heterocycles. The normalized spacial score (nSPS) is 28.9. The fourth-order valence-corrected chi connectivity index (χ4v) is 4.64. The minimum atomic E-state index is -0.668. The number of aliphatic carboxylic acids is 1. The second-order valence-electron chi connectivity index (χ2n) is 7.38. The van der Waals surface area contributed by atoms with Crippen molar-refractivity contribution in [1.82, 2.24) is 9.36 Å². The minimum Gasteiger partial charge on any atom is -0.481 e. The van der Waals surface area contributed by atoms with Crippen molar-refractivity contribution >= 4 is 22.6 Å². The Balaban J connectivity index is 1.76. The average Bonchev–Trinajstić information content (AvgIpc) is 2.91. The largest absolute Gasteiger partial charge is 0.481 e. The van der Waals surface area contributed by atoms with Gasteiger partial charge in [0.05, 0.1) is 0 Å². The molecular weight excluding hydrogens is 286 g/mol. The Morgan fingerprint density at radius 2 is 1.95 bits per heavy atom. The van der Waals surface area contributed by atoms with Crippen molar-refractivity contribution < 1.29 is 9.90 Å². The zero-order valence-electron chi connectivity index (χ0n) is 12.9. The summed E-state index contributed by atoms with van der Waals surface area (Å²) in [5.74, 6) is 0.569. The van der Waals surface area contributed by atoms with Gasteiger partial charge in [-0.05, 0) is 31.6 Å². The Bertz CT molecular complexity index is 523. The van der Waals surface area contributed by atoms with Gasteiger partial charge in [-0.2, -0.15) is 4.37 Å². The topological polar surface area (TPSA) is 66.3 Å². The van der Waals surface area contributed by atoms with Gasteiger partial charge in [-0.15, -0.1) is 0 Å². The molecule has 0 spiro atoms. The molecule has 5 nitrogen and oxygen atoms in total. The van der Waals surface area contributed by atoms with Gasteiger partial charge < -0.3 is 10.0 Å². The Kier molecular flexibility index (Phi) is 3.67. The summed E-state index contributed by atoms with van der Waals surface area (Å²) in [5.41, 5.74) is -0.0184. The highest BCUT2D eigenvalue weighted by Crippen LogP contribution is 2.43. The summed E-state index contributed by atoms with van der Waals surface area (Å²) >= 11 is 1.49. The molecule has 0 aromatic carbocycles. The van der Waals surface area contributed by atoms with Crippen molar-refractivity contribution in [3.8, 4) is 0 Å². The first-order valence-corrected chi connectivity index (χ1v) is 8.46. The summed E-state index contributed by atoms with van der Waals surface area (Å²) in [7, 11) is 0. The van der Waals surface area contributed by atoms with E-state index >= 15 is 0 Å². The second-order valence-corrected chi connectivity index (χ2v) is 8.11. The molecule has 1 aromatic rings. The summed E-state index contributed by atoms with van der Waals surface area (Å²) < 4.78 is 4.52. The van der Waals surface area contributed by atoms with E-state index in [9.17, 15) is 4.79 Å². The predicted molar refractivity (Wildman–Crippen MR) is 82.9 cm³/mol. The molecule has 2 fully saturated rings. The summed E-state index contributed by atoms with van der Waals surface area (Å²) in [6, 6.07) is 0.905. The number of carboxylic acid groups (broad SMARTS) is 1. The van der Waals surface area contributed by atoms with E-state index in [1.54, 1.807) is 0 Å². The lowest BCUT2D eigenvalue weighted by Gasteiger charge is -2.38. The van der Waals surface area contributed by atoms with Crippen LogP contribution in [0.1, 0.15) is 58.7 Å². The van der Waals surface area contributed by atoms with Crippen LogP contribution in [0.2, 0.25) is 0 Å². The monoisotopic (exact) mass is 309 g/mol. The van der Waals surface area contributed by atoms with Gasteiger partial charge in [0.2, 0.25) is 5.13 Å². The lowest BCUT2D eigenvalue weighted by Crippen LogP contribution is -2.43. The van der Waals surface area contributed by atoms with Crippen molar-refractivity contribution in [3.05, 3.63) is 5.82 Å². The minimum absolute atomic E-state index is 0.0184. The Morgan fingerprint density at radius 1 is 1.33 bits per heavy atom. The molecule has 21 heavy (non-hydrogen) atoms. The molecule has 3 rings (SSSR count). The van der Waals surface area contributed by atoms with Gasteiger partial charge in [-0.25, -0.2) is 4.98 Å². The van der Waals surface area contributed by atoms with Crippen molar-refractivity contribution in [2.45, 2.75) is 70.4 Å².